The van der Waals surface area contributed by atoms with Crippen LogP contribution in [0.1, 0.15) is 47.0 Å². The number of rotatable bonds is 5. The molecule has 0 aliphatic carbocycles. The third-order valence-corrected chi connectivity index (χ3v) is 3.84. The molecule has 3 N–H and O–H groups in total. The molecule has 0 aromatic heterocycles. The summed E-state index contributed by atoms with van der Waals surface area (Å²) in [4.78, 5) is 6.99. The van der Waals surface area contributed by atoms with Gasteiger partial charge in [0.2, 0.25) is 0 Å². The van der Waals surface area contributed by atoms with Crippen LogP contribution in [0.25, 0.3) is 0 Å². The lowest BCUT2D eigenvalue weighted by molar-refractivity contribution is 0.142. The van der Waals surface area contributed by atoms with Crippen LogP contribution in [0.15, 0.2) is 4.99 Å². The second-order valence-corrected chi connectivity index (χ2v) is 5.77. The van der Waals surface area contributed by atoms with E-state index in [9.17, 15) is 0 Å². The minimum absolute atomic E-state index is 0.402. The minimum Gasteiger partial charge on any atom is -0.370 e. The van der Waals surface area contributed by atoms with E-state index < -0.39 is 0 Å². The zero-order valence-electron chi connectivity index (χ0n) is 12.4. The van der Waals surface area contributed by atoms with E-state index in [0.29, 0.717) is 18.0 Å². The molecular weight excluding hydrogens is 224 g/mol. The van der Waals surface area contributed by atoms with Crippen LogP contribution < -0.4 is 11.1 Å². The lowest BCUT2D eigenvalue weighted by Gasteiger charge is -2.34. The molecule has 0 bridgehead atoms. The number of aliphatic imine (C=N–C) groups is 1. The smallest absolute Gasteiger partial charge is 0.188 e. The average Bonchev–Trinajstić information content (AvgIpc) is 2.35. The molecule has 0 saturated carbocycles. The highest BCUT2D eigenvalue weighted by Crippen LogP contribution is 2.17. The zero-order chi connectivity index (χ0) is 13.5. The Hall–Kier alpha value is -0.770. The van der Waals surface area contributed by atoms with Crippen LogP contribution in [-0.2, 0) is 0 Å². The molecule has 1 aliphatic rings. The molecule has 3 unspecified atom stereocenters. The third kappa shape index (κ3) is 5.25. The highest BCUT2D eigenvalue weighted by molar-refractivity contribution is 5.78. The second-order valence-electron chi connectivity index (χ2n) is 5.77. The number of nitrogens with one attached hydrogen (secondary N) is 1. The fourth-order valence-electron chi connectivity index (χ4n) is 2.37. The molecule has 1 fully saturated rings. The maximum absolute atomic E-state index is 5.88. The van der Waals surface area contributed by atoms with Crippen LogP contribution in [0.4, 0.5) is 0 Å². The van der Waals surface area contributed by atoms with Gasteiger partial charge in [0.1, 0.15) is 0 Å². The van der Waals surface area contributed by atoms with Crippen molar-refractivity contribution in [3.63, 3.8) is 0 Å². The Morgan fingerprint density at radius 3 is 2.83 bits per heavy atom. The molecular formula is C14H30N4. The van der Waals surface area contributed by atoms with Gasteiger partial charge in [0.25, 0.3) is 0 Å². The lowest BCUT2D eigenvalue weighted by Crippen LogP contribution is -2.43. The molecule has 0 amide bonds. The minimum atomic E-state index is 0.402. The number of hydrogen-bond acceptors (Lipinski definition) is 2. The van der Waals surface area contributed by atoms with E-state index >= 15 is 0 Å². The van der Waals surface area contributed by atoms with Crippen molar-refractivity contribution in [2.24, 2.45) is 16.6 Å². The summed E-state index contributed by atoms with van der Waals surface area (Å²) in [5.41, 5.74) is 5.88. The van der Waals surface area contributed by atoms with Gasteiger partial charge in [-0.1, -0.05) is 13.8 Å². The summed E-state index contributed by atoms with van der Waals surface area (Å²) in [6, 6.07) is 0.893. The molecule has 0 radical (unpaired) electrons. The monoisotopic (exact) mass is 254 g/mol. The number of nitrogens with two attached hydrogens (primary N) is 1. The summed E-state index contributed by atoms with van der Waals surface area (Å²) in [7, 11) is 0. The quantitative estimate of drug-likeness (QED) is 0.581. The van der Waals surface area contributed by atoms with Crippen molar-refractivity contribution in [3.05, 3.63) is 0 Å². The molecule has 4 nitrogen and oxygen atoms in total. The van der Waals surface area contributed by atoms with Crippen molar-refractivity contribution in [1.82, 2.24) is 10.2 Å². The number of nitrogens with zero attached hydrogens (tertiary/aromatic N) is 2. The normalized spacial score (nSPS) is 25.8. The Kier molecular flexibility index (Phi) is 6.47. The first-order valence-corrected chi connectivity index (χ1v) is 7.33. The molecule has 1 rings (SSSR count). The molecule has 18 heavy (non-hydrogen) atoms. The molecule has 1 aliphatic heterocycles. The van der Waals surface area contributed by atoms with Crippen molar-refractivity contribution in [3.8, 4) is 0 Å². The van der Waals surface area contributed by atoms with E-state index in [-0.39, 0.29) is 0 Å². The van der Waals surface area contributed by atoms with Gasteiger partial charge >= 0.3 is 0 Å². The topological polar surface area (TPSA) is 53.6 Å². The third-order valence-electron chi connectivity index (χ3n) is 3.84. The lowest BCUT2D eigenvalue weighted by atomic mass is 9.99. The van der Waals surface area contributed by atoms with Crippen molar-refractivity contribution >= 4 is 5.96 Å². The predicted molar refractivity (Wildman–Crippen MR) is 78.8 cm³/mol. The summed E-state index contributed by atoms with van der Waals surface area (Å²) < 4.78 is 0. The van der Waals surface area contributed by atoms with Gasteiger partial charge in [-0.15, -0.1) is 0 Å². The number of likely N-dealkylation sites (tertiary alicyclic amines) is 1. The van der Waals surface area contributed by atoms with Gasteiger partial charge in [-0.25, -0.2) is 0 Å². The van der Waals surface area contributed by atoms with Crippen LogP contribution in [0, 0.1) is 5.92 Å². The van der Waals surface area contributed by atoms with Crippen LogP contribution >= 0.6 is 0 Å². The van der Waals surface area contributed by atoms with E-state index in [2.05, 4.69) is 42.9 Å². The summed E-state index contributed by atoms with van der Waals surface area (Å²) in [6.45, 7) is 12.1. The maximum Gasteiger partial charge on any atom is 0.188 e. The van der Waals surface area contributed by atoms with E-state index in [4.69, 9.17) is 5.73 Å². The SMILES string of the molecule is CCC(C)NC(N)=NCC(C)N1CCCC(C)C1. The Labute approximate surface area is 112 Å². The maximum atomic E-state index is 5.88. The fourth-order valence-corrected chi connectivity index (χ4v) is 2.37. The molecule has 1 saturated heterocycles. The predicted octanol–water partition coefficient (Wildman–Crippen LogP) is 1.81. The molecule has 4 heteroatoms. The fraction of sp³-hybridized carbons (Fsp3) is 0.929. The molecule has 106 valence electrons. The van der Waals surface area contributed by atoms with Gasteiger partial charge in [-0.2, -0.15) is 0 Å². The van der Waals surface area contributed by atoms with E-state index in [1.165, 1.54) is 25.9 Å². The Morgan fingerprint density at radius 1 is 1.50 bits per heavy atom. The van der Waals surface area contributed by atoms with Crippen molar-refractivity contribution in [1.29, 1.82) is 0 Å². The summed E-state index contributed by atoms with van der Waals surface area (Å²) in [6.07, 6.45) is 3.75. The van der Waals surface area contributed by atoms with Gasteiger partial charge in [0.05, 0.1) is 6.54 Å². The molecule has 0 aromatic rings. The van der Waals surface area contributed by atoms with Crippen LogP contribution in [0.2, 0.25) is 0 Å². The molecule has 3 atom stereocenters. The van der Waals surface area contributed by atoms with E-state index in [1.807, 2.05) is 0 Å². The number of guanidine groups is 1. The first kappa shape index (κ1) is 15.3. The summed E-state index contributed by atoms with van der Waals surface area (Å²) in [5, 5.41) is 3.21. The first-order valence-electron chi connectivity index (χ1n) is 7.33. The Morgan fingerprint density at radius 2 is 2.22 bits per heavy atom. The van der Waals surface area contributed by atoms with Crippen molar-refractivity contribution in [2.75, 3.05) is 19.6 Å². The first-order chi connectivity index (χ1) is 8.52. The second kappa shape index (κ2) is 7.62. The van der Waals surface area contributed by atoms with E-state index in [0.717, 1.165) is 18.9 Å². The summed E-state index contributed by atoms with van der Waals surface area (Å²) in [5.74, 6) is 1.40. The van der Waals surface area contributed by atoms with Crippen molar-refractivity contribution < 1.29 is 0 Å². The zero-order valence-corrected chi connectivity index (χ0v) is 12.4. The van der Waals surface area contributed by atoms with Crippen LogP contribution in [-0.4, -0.2) is 42.6 Å². The van der Waals surface area contributed by atoms with Crippen LogP contribution in [0.5, 0.6) is 0 Å². The van der Waals surface area contributed by atoms with Gasteiger partial charge < -0.3 is 11.1 Å². The van der Waals surface area contributed by atoms with Gasteiger partial charge in [0.15, 0.2) is 5.96 Å². The van der Waals surface area contributed by atoms with E-state index in [1.54, 1.807) is 0 Å². The average molecular weight is 254 g/mol. The highest BCUT2D eigenvalue weighted by Gasteiger charge is 2.20. The van der Waals surface area contributed by atoms with Crippen LogP contribution in [0.3, 0.4) is 0 Å². The number of hydrogen-bond donors (Lipinski definition) is 2. The highest BCUT2D eigenvalue weighted by atomic mass is 15.2. The number of piperidine rings is 1. The largest absolute Gasteiger partial charge is 0.370 e. The van der Waals surface area contributed by atoms with Crippen molar-refractivity contribution in [2.45, 2.75) is 59.0 Å². The van der Waals surface area contributed by atoms with Gasteiger partial charge in [-0.05, 0) is 45.6 Å². The molecule has 1 heterocycles. The molecule has 0 aromatic carbocycles. The standard InChI is InChI=1S/C14H30N4/c1-5-12(3)17-14(15)16-9-13(4)18-8-6-7-11(2)10-18/h11-13H,5-10H2,1-4H3,(H3,15,16,17). The summed E-state index contributed by atoms with van der Waals surface area (Å²) >= 11 is 0. The van der Waals surface area contributed by atoms with Gasteiger partial charge in [-0.3, -0.25) is 9.89 Å². The molecule has 0 spiro atoms. The Bertz CT molecular complexity index is 265. The Balaban J connectivity index is 2.34. The van der Waals surface area contributed by atoms with Gasteiger partial charge in [0, 0.05) is 18.6 Å².